The summed E-state index contributed by atoms with van der Waals surface area (Å²) in [6, 6.07) is 7.05. The minimum Gasteiger partial charge on any atom is -0.492 e. The van der Waals surface area contributed by atoms with E-state index in [1.807, 2.05) is 19.1 Å². The summed E-state index contributed by atoms with van der Waals surface area (Å²) in [7, 11) is 1.80. The summed E-state index contributed by atoms with van der Waals surface area (Å²) in [6.45, 7) is 2.64. The molecule has 3 aromatic rings. The van der Waals surface area contributed by atoms with Crippen LogP contribution in [0.15, 0.2) is 48.5 Å². The van der Waals surface area contributed by atoms with Crippen molar-refractivity contribution in [1.82, 2.24) is 25.4 Å². The van der Waals surface area contributed by atoms with Gasteiger partial charge in [-0.2, -0.15) is 13.2 Å². The van der Waals surface area contributed by atoms with Gasteiger partial charge in [0.1, 0.15) is 23.6 Å². The Hall–Kier alpha value is -3.73. The predicted molar refractivity (Wildman–Crippen MR) is 114 cm³/mol. The van der Waals surface area contributed by atoms with E-state index in [9.17, 15) is 18.0 Å². The molecule has 1 saturated heterocycles. The summed E-state index contributed by atoms with van der Waals surface area (Å²) >= 11 is 0. The van der Waals surface area contributed by atoms with Gasteiger partial charge in [0.2, 0.25) is 0 Å². The largest absolute Gasteiger partial charge is 0.492 e. The third-order valence-electron chi connectivity index (χ3n) is 5.51. The van der Waals surface area contributed by atoms with Crippen LogP contribution < -0.4 is 10.3 Å². The lowest BCUT2D eigenvalue weighted by atomic mass is 10.1. The molecule has 5 rings (SSSR count). The number of alkyl halides is 3. The summed E-state index contributed by atoms with van der Waals surface area (Å²) in [5.74, 6) is 0.826. The van der Waals surface area contributed by atoms with Crippen molar-refractivity contribution >= 4 is 22.6 Å². The highest BCUT2D eigenvalue weighted by Crippen LogP contribution is 2.31. The van der Waals surface area contributed by atoms with Crippen LogP contribution in [-0.2, 0) is 15.7 Å². The predicted octanol–water partition coefficient (Wildman–Crippen LogP) is 3.04. The molecule has 0 spiro atoms. The molecule has 1 aromatic carbocycles. The summed E-state index contributed by atoms with van der Waals surface area (Å²) in [6.07, 6.45) is -1.50. The highest BCUT2D eigenvalue weighted by Gasteiger charge is 2.37. The monoisotopic (exact) mass is 456 g/mol. The van der Waals surface area contributed by atoms with Crippen LogP contribution in [0.5, 0.6) is 0 Å². The number of anilines is 1. The van der Waals surface area contributed by atoms with Gasteiger partial charge in [-0.1, -0.05) is 0 Å². The van der Waals surface area contributed by atoms with Crippen LogP contribution in [0, 0.1) is 6.92 Å². The van der Waals surface area contributed by atoms with E-state index >= 15 is 0 Å². The molecule has 1 amide bonds. The van der Waals surface area contributed by atoms with E-state index in [2.05, 4.69) is 20.4 Å². The van der Waals surface area contributed by atoms with E-state index in [0.717, 1.165) is 17.3 Å². The Bertz CT molecular complexity index is 1290. The number of aromatic nitrogens is 3. The molecule has 33 heavy (non-hydrogen) atoms. The van der Waals surface area contributed by atoms with Crippen LogP contribution in [-0.4, -0.2) is 52.1 Å². The normalized spacial score (nSPS) is 18.8. The average Bonchev–Trinajstić information content (AvgIpc) is 3.09. The fraction of sp³-hybridized carbons (Fsp3) is 0.273. The van der Waals surface area contributed by atoms with Gasteiger partial charge in [-0.25, -0.2) is 20.4 Å². The van der Waals surface area contributed by atoms with Gasteiger partial charge in [0, 0.05) is 18.3 Å². The van der Waals surface area contributed by atoms with Gasteiger partial charge >= 0.3 is 6.18 Å². The molecule has 0 bridgehead atoms. The molecule has 2 aliphatic heterocycles. The van der Waals surface area contributed by atoms with Crippen molar-refractivity contribution in [1.29, 1.82) is 0 Å². The Morgan fingerprint density at radius 2 is 1.97 bits per heavy atom. The number of rotatable bonds is 2. The second-order valence-corrected chi connectivity index (χ2v) is 7.84. The van der Waals surface area contributed by atoms with Crippen molar-refractivity contribution in [2.75, 3.05) is 25.1 Å². The number of pyridine rings is 1. The average molecular weight is 456 g/mol. The Balaban J connectivity index is 1.45. The molecule has 4 heterocycles. The van der Waals surface area contributed by atoms with E-state index < -0.39 is 17.9 Å². The van der Waals surface area contributed by atoms with Crippen molar-refractivity contribution < 1.29 is 22.7 Å². The molecular weight excluding hydrogens is 437 g/mol. The van der Waals surface area contributed by atoms with Gasteiger partial charge in [0.15, 0.2) is 11.9 Å². The summed E-state index contributed by atoms with van der Waals surface area (Å²) in [4.78, 5) is 27.0. The number of fused-ring (bicyclic) bond motifs is 2. The molecule has 1 fully saturated rings. The van der Waals surface area contributed by atoms with Gasteiger partial charge < -0.3 is 14.6 Å². The first-order valence-corrected chi connectivity index (χ1v) is 10.2. The van der Waals surface area contributed by atoms with Crippen LogP contribution in [0.2, 0.25) is 0 Å². The third-order valence-corrected chi connectivity index (χ3v) is 5.51. The second kappa shape index (κ2) is 7.69. The lowest BCUT2D eigenvalue weighted by Crippen LogP contribution is -2.47. The maximum Gasteiger partial charge on any atom is 0.433 e. The van der Waals surface area contributed by atoms with Crippen LogP contribution >= 0.6 is 0 Å². The number of ether oxygens (including phenoxy) is 1. The number of nitrogens with zero attached hydrogens (tertiary/aromatic N) is 5. The molecule has 1 atom stereocenters. The van der Waals surface area contributed by atoms with E-state index in [1.165, 1.54) is 12.3 Å². The van der Waals surface area contributed by atoms with Crippen LogP contribution in [0.25, 0.3) is 22.4 Å². The lowest BCUT2D eigenvalue weighted by Gasteiger charge is -2.25. The maximum atomic E-state index is 13.1. The number of amides is 1. The smallest absolute Gasteiger partial charge is 0.433 e. The first kappa shape index (κ1) is 21.1. The Morgan fingerprint density at radius 1 is 1.15 bits per heavy atom. The molecule has 0 radical (unpaired) electrons. The SMILES string of the molecule is Cc1cc(-c2ncc3nc(C(F)(F)F)ccc3n2)ccc1N1CCOC2=CN(C)NC2C1=O. The molecule has 170 valence electrons. The number of hydrazine groups is 1. The zero-order valence-corrected chi connectivity index (χ0v) is 17.7. The minimum absolute atomic E-state index is 0.0648. The van der Waals surface area contributed by atoms with Crippen LogP contribution in [0.1, 0.15) is 11.3 Å². The van der Waals surface area contributed by atoms with Crippen LogP contribution in [0.4, 0.5) is 18.9 Å². The molecule has 1 unspecified atom stereocenters. The molecular formula is C22H19F3N6O2. The number of halogens is 3. The summed E-state index contributed by atoms with van der Waals surface area (Å²) < 4.78 is 44.4. The van der Waals surface area contributed by atoms with E-state index in [1.54, 1.807) is 29.2 Å². The summed E-state index contributed by atoms with van der Waals surface area (Å²) in [5, 5.41) is 1.70. The van der Waals surface area contributed by atoms with Crippen molar-refractivity contribution in [2.45, 2.75) is 19.1 Å². The van der Waals surface area contributed by atoms with Gasteiger partial charge in [-0.15, -0.1) is 0 Å². The number of nitrogens with one attached hydrogen (secondary N) is 1. The Morgan fingerprint density at radius 3 is 2.73 bits per heavy atom. The zero-order valence-electron chi connectivity index (χ0n) is 17.7. The fourth-order valence-electron chi connectivity index (χ4n) is 3.94. The number of carbonyl (C=O) groups is 1. The van der Waals surface area contributed by atoms with E-state index in [0.29, 0.717) is 35.8 Å². The zero-order chi connectivity index (χ0) is 23.3. The van der Waals surface area contributed by atoms with E-state index in [4.69, 9.17) is 4.74 Å². The molecule has 2 aliphatic rings. The standard InChI is InChI=1S/C22H19F3N6O2/c1-12-9-13(20-26-10-15-14(28-20)4-6-18(27-15)22(23,24)25)3-5-16(12)31-7-8-33-17-11-30(2)29-19(17)21(31)32/h3-6,9-11,19,29H,7-8H2,1-2H3. The molecule has 0 saturated carbocycles. The second-order valence-electron chi connectivity index (χ2n) is 7.84. The highest BCUT2D eigenvalue weighted by atomic mass is 19.4. The Labute approximate surface area is 186 Å². The van der Waals surface area contributed by atoms with Crippen molar-refractivity contribution in [2.24, 2.45) is 0 Å². The van der Waals surface area contributed by atoms with Crippen molar-refractivity contribution in [3.8, 4) is 11.4 Å². The molecule has 1 N–H and O–H groups in total. The highest BCUT2D eigenvalue weighted by molar-refractivity contribution is 6.00. The van der Waals surface area contributed by atoms with Crippen molar-refractivity contribution in [3.63, 3.8) is 0 Å². The number of carbonyl (C=O) groups excluding carboxylic acids is 1. The quantitative estimate of drug-likeness (QED) is 0.635. The lowest BCUT2D eigenvalue weighted by molar-refractivity contribution is -0.141. The fourth-order valence-corrected chi connectivity index (χ4v) is 3.94. The van der Waals surface area contributed by atoms with E-state index in [-0.39, 0.29) is 11.4 Å². The molecule has 11 heteroatoms. The number of aryl methyl sites for hydroxylation is 1. The number of hydrogen-bond acceptors (Lipinski definition) is 7. The molecule has 2 aromatic heterocycles. The van der Waals surface area contributed by atoms with Crippen molar-refractivity contribution in [3.05, 3.63) is 59.7 Å². The number of benzene rings is 1. The van der Waals surface area contributed by atoms with Crippen LogP contribution in [0.3, 0.4) is 0 Å². The first-order valence-electron chi connectivity index (χ1n) is 10.2. The minimum atomic E-state index is -4.53. The number of hydrogen-bond donors (Lipinski definition) is 1. The topological polar surface area (TPSA) is 83.5 Å². The van der Waals surface area contributed by atoms with Gasteiger partial charge in [0.25, 0.3) is 5.91 Å². The van der Waals surface area contributed by atoms with Gasteiger partial charge in [-0.05, 0) is 42.8 Å². The van der Waals surface area contributed by atoms with Gasteiger partial charge in [0.05, 0.1) is 24.5 Å². The third kappa shape index (κ3) is 3.84. The van der Waals surface area contributed by atoms with Gasteiger partial charge in [-0.3, -0.25) is 4.79 Å². The molecule has 0 aliphatic carbocycles. The summed E-state index contributed by atoms with van der Waals surface area (Å²) in [5.41, 5.74) is 4.69. The Kier molecular flexibility index (Phi) is 4.93. The molecule has 8 nitrogen and oxygen atoms in total. The first-order chi connectivity index (χ1) is 15.7. The maximum absolute atomic E-state index is 13.1.